The normalized spacial score (nSPS) is 17.3. The largest absolute Gasteiger partial charge is 0.380 e. The molecule has 4 heteroatoms. The summed E-state index contributed by atoms with van der Waals surface area (Å²) in [6.45, 7) is 5.06. The van der Waals surface area contributed by atoms with Crippen molar-refractivity contribution in [3.05, 3.63) is 43.5 Å². The van der Waals surface area contributed by atoms with Gasteiger partial charge in [0.05, 0.1) is 13.2 Å². The van der Waals surface area contributed by atoms with Crippen LogP contribution in [0.25, 0.3) is 21.8 Å². The Morgan fingerprint density at radius 2 is 1.52 bits per heavy atom. The highest BCUT2D eigenvalue weighted by molar-refractivity contribution is 14.1. The van der Waals surface area contributed by atoms with E-state index >= 15 is 0 Å². The lowest BCUT2D eigenvalue weighted by Gasteiger charge is -2.38. The summed E-state index contributed by atoms with van der Waals surface area (Å²) < 4.78 is 10.5. The minimum Gasteiger partial charge on any atom is -0.380 e. The van der Waals surface area contributed by atoms with E-state index < -0.39 is 0 Å². The first-order chi connectivity index (χ1) is 10.1. The van der Waals surface area contributed by atoms with Crippen LogP contribution in [0.2, 0.25) is 0 Å². The van der Waals surface area contributed by atoms with Crippen molar-refractivity contribution in [2.24, 2.45) is 5.41 Å². The zero-order valence-corrected chi connectivity index (χ0v) is 16.0. The van der Waals surface area contributed by atoms with Crippen LogP contribution in [0, 0.1) is 12.6 Å². The number of fused-ring (bicyclic) bond motifs is 3. The average Bonchev–Trinajstić information content (AvgIpc) is 2.70. The van der Waals surface area contributed by atoms with Crippen LogP contribution in [0.3, 0.4) is 0 Å². The van der Waals surface area contributed by atoms with Gasteiger partial charge in [0.1, 0.15) is 0 Å². The zero-order chi connectivity index (χ0) is 14.6. The number of hydrogen-bond acceptors (Lipinski definition) is 1. The van der Waals surface area contributed by atoms with Gasteiger partial charge in [0.2, 0.25) is 0 Å². The number of ether oxygens (including phenoxy) is 1. The van der Waals surface area contributed by atoms with Crippen molar-refractivity contribution in [3.8, 4) is 0 Å². The summed E-state index contributed by atoms with van der Waals surface area (Å²) in [7, 11) is 0. The fourth-order valence-corrected chi connectivity index (χ4v) is 4.12. The van der Waals surface area contributed by atoms with Crippen molar-refractivity contribution < 1.29 is 4.74 Å². The SMILES string of the molecule is CC1(Cn2c3ccc(I)cc3c3cc(I)ccc32)COC1. The van der Waals surface area contributed by atoms with Crippen LogP contribution in [0.15, 0.2) is 36.4 Å². The fraction of sp³-hybridized carbons (Fsp3) is 0.294. The number of hydrogen-bond donors (Lipinski definition) is 0. The number of nitrogens with zero attached hydrogens (tertiary/aromatic N) is 1. The molecule has 4 rings (SSSR count). The van der Waals surface area contributed by atoms with E-state index in [1.165, 1.54) is 28.9 Å². The highest BCUT2D eigenvalue weighted by atomic mass is 127. The van der Waals surface area contributed by atoms with Gasteiger partial charge < -0.3 is 9.30 Å². The summed E-state index contributed by atoms with van der Waals surface area (Å²) in [5.74, 6) is 0. The molecule has 0 unspecified atom stereocenters. The van der Waals surface area contributed by atoms with Crippen LogP contribution in [-0.2, 0) is 11.3 Å². The third-order valence-electron chi connectivity index (χ3n) is 4.23. The van der Waals surface area contributed by atoms with E-state index in [-0.39, 0.29) is 5.41 Å². The Hall–Kier alpha value is -0.340. The maximum absolute atomic E-state index is 5.43. The third kappa shape index (κ3) is 2.39. The van der Waals surface area contributed by atoms with Gasteiger partial charge in [-0.2, -0.15) is 0 Å². The predicted molar refractivity (Wildman–Crippen MR) is 104 cm³/mol. The van der Waals surface area contributed by atoms with Crippen molar-refractivity contribution in [3.63, 3.8) is 0 Å². The molecule has 108 valence electrons. The molecular formula is C17H15I2NO. The first-order valence-electron chi connectivity index (χ1n) is 7.01. The van der Waals surface area contributed by atoms with Crippen molar-refractivity contribution in [2.45, 2.75) is 13.5 Å². The van der Waals surface area contributed by atoms with Gasteiger partial charge in [0.25, 0.3) is 0 Å². The van der Waals surface area contributed by atoms with Crippen molar-refractivity contribution in [2.75, 3.05) is 13.2 Å². The first-order valence-corrected chi connectivity index (χ1v) is 9.16. The number of rotatable bonds is 2. The van der Waals surface area contributed by atoms with Gasteiger partial charge in [-0.05, 0) is 81.6 Å². The second-order valence-corrected chi connectivity index (χ2v) is 8.70. The van der Waals surface area contributed by atoms with Gasteiger partial charge >= 0.3 is 0 Å². The molecule has 0 aliphatic carbocycles. The Morgan fingerprint density at radius 1 is 1.00 bits per heavy atom. The molecule has 0 bridgehead atoms. The van der Waals surface area contributed by atoms with Crippen LogP contribution < -0.4 is 0 Å². The molecule has 2 aromatic carbocycles. The lowest BCUT2D eigenvalue weighted by atomic mass is 9.88. The van der Waals surface area contributed by atoms with E-state index in [2.05, 4.69) is 93.1 Å². The van der Waals surface area contributed by atoms with E-state index in [9.17, 15) is 0 Å². The fourth-order valence-electron chi connectivity index (χ4n) is 3.14. The number of halogens is 2. The molecule has 21 heavy (non-hydrogen) atoms. The van der Waals surface area contributed by atoms with E-state index in [1.54, 1.807) is 0 Å². The Morgan fingerprint density at radius 3 is 1.95 bits per heavy atom. The molecule has 3 aromatic rings. The Labute approximate surface area is 151 Å². The van der Waals surface area contributed by atoms with Crippen LogP contribution in [-0.4, -0.2) is 17.8 Å². The summed E-state index contributed by atoms with van der Waals surface area (Å²) in [5.41, 5.74) is 2.94. The molecule has 0 atom stereocenters. The van der Waals surface area contributed by atoms with Crippen LogP contribution in [0.5, 0.6) is 0 Å². The highest BCUT2D eigenvalue weighted by Crippen LogP contribution is 2.36. The average molecular weight is 503 g/mol. The van der Waals surface area contributed by atoms with Crippen molar-refractivity contribution in [1.82, 2.24) is 4.57 Å². The van der Waals surface area contributed by atoms with Crippen molar-refractivity contribution in [1.29, 1.82) is 0 Å². The Kier molecular flexibility index (Phi) is 3.46. The monoisotopic (exact) mass is 503 g/mol. The van der Waals surface area contributed by atoms with Crippen LogP contribution in [0.4, 0.5) is 0 Å². The van der Waals surface area contributed by atoms with Gasteiger partial charge in [-0.15, -0.1) is 0 Å². The van der Waals surface area contributed by atoms with Gasteiger partial charge in [-0.1, -0.05) is 6.92 Å². The lowest BCUT2D eigenvalue weighted by Crippen LogP contribution is -2.43. The standard InChI is InChI=1S/C17H15I2NO/c1-17(9-21-10-17)8-20-15-4-2-11(18)6-13(15)14-7-12(19)3-5-16(14)20/h2-7H,8-10H2,1H3. The Bertz CT molecular complexity index is 789. The quantitative estimate of drug-likeness (QED) is 0.448. The molecule has 1 aliphatic heterocycles. The predicted octanol–water partition coefficient (Wildman–Crippen LogP) is 5.04. The maximum atomic E-state index is 5.43. The van der Waals surface area contributed by atoms with E-state index in [0.29, 0.717) is 0 Å². The molecule has 0 radical (unpaired) electrons. The Balaban J connectivity index is 2.01. The van der Waals surface area contributed by atoms with Crippen LogP contribution >= 0.6 is 45.2 Å². The molecule has 1 aliphatic rings. The van der Waals surface area contributed by atoms with E-state index in [1.807, 2.05) is 0 Å². The van der Waals surface area contributed by atoms with Gasteiger partial charge in [-0.25, -0.2) is 0 Å². The lowest BCUT2D eigenvalue weighted by molar-refractivity contribution is -0.109. The van der Waals surface area contributed by atoms with E-state index in [0.717, 1.165) is 19.8 Å². The molecule has 1 fully saturated rings. The molecule has 0 saturated carbocycles. The van der Waals surface area contributed by atoms with Gasteiger partial charge in [0.15, 0.2) is 0 Å². The van der Waals surface area contributed by atoms with Crippen LogP contribution in [0.1, 0.15) is 6.92 Å². The molecule has 1 aromatic heterocycles. The molecule has 0 amide bonds. The molecular weight excluding hydrogens is 488 g/mol. The number of benzene rings is 2. The molecule has 1 saturated heterocycles. The third-order valence-corrected chi connectivity index (χ3v) is 5.57. The summed E-state index contributed by atoms with van der Waals surface area (Å²) in [6, 6.07) is 13.5. The second kappa shape index (κ2) is 5.09. The minimum atomic E-state index is 0.269. The summed E-state index contributed by atoms with van der Waals surface area (Å²) in [5, 5.41) is 2.72. The van der Waals surface area contributed by atoms with E-state index in [4.69, 9.17) is 4.74 Å². The summed E-state index contributed by atoms with van der Waals surface area (Å²) in [6.07, 6.45) is 0. The van der Waals surface area contributed by atoms with Crippen molar-refractivity contribution >= 4 is 67.0 Å². The first kappa shape index (κ1) is 14.3. The molecule has 2 heterocycles. The summed E-state index contributed by atoms with van der Waals surface area (Å²) in [4.78, 5) is 0. The molecule has 2 nitrogen and oxygen atoms in total. The number of aromatic nitrogens is 1. The van der Waals surface area contributed by atoms with Gasteiger partial charge in [0, 0.05) is 40.9 Å². The minimum absolute atomic E-state index is 0.269. The smallest absolute Gasteiger partial charge is 0.0559 e. The zero-order valence-electron chi connectivity index (χ0n) is 11.7. The van der Waals surface area contributed by atoms with Gasteiger partial charge in [-0.3, -0.25) is 0 Å². The topological polar surface area (TPSA) is 14.2 Å². The highest BCUT2D eigenvalue weighted by Gasteiger charge is 2.34. The molecule has 0 spiro atoms. The molecule has 0 N–H and O–H groups in total. The second-order valence-electron chi connectivity index (χ2n) is 6.21. The summed E-state index contributed by atoms with van der Waals surface area (Å²) >= 11 is 4.79. The maximum Gasteiger partial charge on any atom is 0.0559 e.